The summed E-state index contributed by atoms with van der Waals surface area (Å²) < 4.78 is 16.1. The van der Waals surface area contributed by atoms with Gasteiger partial charge in [-0.15, -0.1) is 0 Å². The first-order valence-electron chi connectivity index (χ1n) is 11.5. The lowest BCUT2D eigenvalue weighted by atomic mass is 10.1. The number of amides is 3. The fourth-order valence-corrected chi connectivity index (χ4v) is 4.45. The molecule has 4 aromatic rings. The topological polar surface area (TPSA) is 119 Å². The molecule has 1 aromatic heterocycles. The van der Waals surface area contributed by atoms with Gasteiger partial charge in [0.25, 0.3) is 11.8 Å². The molecule has 0 saturated heterocycles. The molecular weight excluding hydrogens is 568 g/mol. The zero-order chi connectivity index (χ0) is 28.3. The van der Waals surface area contributed by atoms with Gasteiger partial charge in [-0.2, -0.15) is 5.10 Å². The molecule has 12 heteroatoms. The van der Waals surface area contributed by atoms with Gasteiger partial charge in [-0.1, -0.05) is 46.9 Å². The van der Waals surface area contributed by atoms with Gasteiger partial charge in [0.15, 0.2) is 5.69 Å². The lowest BCUT2D eigenvalue weighted by Gasteiger charge is -2.11. The van der Waals surface area contributed by atoms with E-state index in [1.165, 1.54) is 16.8 Å². The van der Waals surface area contributed by atoms with Crippen LogP contribution in [0.15, 0.2) is 60.7 Å². The van der Waals surface area contributed by atoms with Gasteiger partial charge >= 0.3 is 0 Å². The van der Waals surface area contributed by atoms with Crippen LogP contribution in [0, 0.1) is 12.7 Å². The molecule has 4 rings (SSSR count). The second-order valence-electron chi connectivity index (χ2n) is 8.46. The molecule has 39 heavy (non-hydrogen) atoms. The van der Waals surface area contributed by atoms with Gasteiger partial charge in [0, 0.05) is 39.7 Å². The van der Waals surface area contributed by atoms with Crippen molar-refractivity contribution < 1.29 is 18.8 Å². The number of hydrogen-bond acceptors (Lipinski definition) is 4. The molecular formula is C27H21Cl3FN5O3. The third kappa shape index (κ3) is 6.39. The first-order valence-corrected chi connectivity index (χ1v) is 12.7. The summed E-state index contributed by atoms with van der Waals surface area (Å²) in [6, 6.07) is 15.3. The van der Waals surface area contributed by atoms with Crippen molar-refractivity contribution >= 4 is 58.2 Å². The van der Waals surface area contributed by atoms with E-state index in [1.807, 2.05) is 0 Å². The van der Waals surface area contributed by atoms with Crippen molar-refractivity contribution in [2.24, 2.45) is 5.73 Å². The monoisotopic (exact) mass is 587 g/mol. The molecule has 3 aromatic carbocycles. The van der Waals surface area contributed by atoms with Gasteiger partial charge in [0.2, 0.25) is 5.91 Å². The van der Waals surface area contributed by atoms with Crippen molar-refractivity contribution in [3.8, 4) is 16.9 Å². The van der Waals surface area contributed by atoms with E-state index < -0.39 is 23.5 Å². The van der Waals surface area contributed by atoms with Crippen molar-refractivity contribution in [1.82, 2.24) is 15.1 Å². The highest BCUT2D eigenvalue weighted by molar-refractivity contribution is 6.35. The molecule has 8 nitrogen and oxygen atoms in total. The first kappa shape index (κ1) is 28.1. The largest absolute Gasteiger partial charge is 0.370 e. The molecule has 1 heterocycles. The molecule has 0 spiro atoms. The van der Waals surface area contributed by atoms with Crippen LogP contribution < -0.4 is 16.4 Å². The Hall–Kier alpha value is -3.92. The summed E-state index contributed by atoms with van der Waals surface area (Å²) in [5.41, 5.74) is 7.15. The van der Waals surface area contributed by atoms with Crippen LogP contribution in [0.5, 0.6) is 0 Å². The van der Waals surface area contributed by atoms with E-state index in [2.05, 4.69) is 15.7 Å². The van der Waals surface area contributed by atoms with Crippen molar-refractivity contribution in [3.63, 3.8) is 0 Å². The van der Waals surface area contributed by atoms with Gasteiger partial charge in [-0.05, 0) is 55.5 Å². The third-order valence-corrected chi connectivity index (χ3v) is 6.52. The van der Waals surface area contributed by atoms with Crippen LogP contribution in [-0.2, 0) is 4.79 Å². The average Bonchev–Trinajstić information content (AvgIpc) is 3.22. The molecule has 0 aliphatic heterocycles. The van der Waals surface area contributed by atoms with Crippen LogP contribution in [0.2, 0.25) is 15.1 Å². The number of halogens is 4. The maximum absolute atomic E-state index is 14.6. The number of nitrogens with zero attached hydrogens (tertiary/aromatic N) is 2. The second-order valence-corrected chi connectivity index (χ2v) is 9.74. The highest BCUT2D eigenvalue weighted by Crippen LogP contribution is 2.33. The van der Waals surface area contributed by atoms with Crippen LogP contribution in [0.25, 0.3) is 16.9 Å². The van der Waals surface area contributed by atoms with Gasteiger partial charge < -0.3 is 16.4 Å². The third-order valence-electron chi connectivity index (χ3n) is 5.73. The molecule has 0 radical (unpaired) electrons. The summed E-state index contributed by atoms with van der Waals surface area (Å²) in [6.45, 7) is 1.72. The van der Waals surface area contributed by atoms with E-state index in [4.69, 9.17) is 40.5 Å². The highest BCUT2D eigenvalue weighted by Gasteiger charge is 2.24. The molecule has 200 valence electrons. The standard InChI is InChI=1S/C27H21Cl3FN5O3/c1-14-24(27(39)34-21-12-16(4-8-20(21)31)26(38)33-11-10-23(32)37)35-36(22-9-7-18(29)13-19(22)30)25(14)15-2-5-17(28)6-3-15/h2-9,12-13H,10-11H2,1H3,(H2,32,37)(H,33,38)(H,34,39). The number of aromatic nitrogens is 2. The van der Waals surface area contributed by atoms with Crippen LogP contribution in [-0.4, -0.2) is 34.0 Å². The van der Waals surface area contributed by atoms with Crippen LogP contribution in [0.4, 0.5) is 10.1 Å². The predicted octanol–water partition coefficient (Wildman–Crippen LogP) is 5.80. The number of primary amides is 1. The second kappa shape index (κ2) is 11.9. The summed E-state index contributed by atoms with van der Waals surface area (Å²) >= 11 is 18.6. The lowest BCUT2D eigenvalue weighted by Crippen LogP contribution is -2.28. The Labute approximate surface area is 237 Å². The summed E-state index contributed by atoms with van der Waals surface area (Å²) in [5.74, 6) is -2.60. The molecule has 0 unspecified atom stereocenters. The molecule has 0 aliphatic carbocycles. The Morgan fingerprint density at radius 3 is 2.31 bits per heavy atom. The van der Waals surface area contributed by atoms with E-state index in [0.717, 1.165) is 6.07 Å². The van der Waals surface area contributed by atoms with Crippen LogP contribution in [0.1, 0.15) is 32.8 Å². The molecule has 0 aliphatic rings. The molecule has 0 fully saturated rings. The maximum Gasteiger partial charge on any atom is 0.276 e. The van der Waals surface area contributed by atoms with Gasteiger partial charge in [0.05, 0.1) is 22.1 Å². The summed E-state index contributed by atoms with van der Waals surface area (Å²) in [4.78, 5) is 36.7. The minimum Gasteiger partial charge on any atom is -0.370 e. The van der Waals surface area contributed by atoms with E-state index in [9.17, 15) is 18.8 Å². The number of rotatable bonds is 8. The number of benzene rings is 3. The van der Waals surface area contributed by atoms with Crippen molar-refractivity contribution in [3.05, 3.63) is 98.4 Å². The summed E-state index contributed by atoms with van der Waals surface area (Å²) in [7, 11) is 0. The zero-order valence-corrected chi connectivity index (χ0v) is 22.7. The van der Waals surface area contributed by atoms with Gasteiger partial charge in [-0.25, -0.2) is 9.07 Å². The minimum absolute atomic E-state index is 0.00156. The average molecular weight is 589 g/mol. The summed E-state index contributed by atoms with van der Waals surface area (Å²) in [5, 5.41) is 10.8. The number of carbonyl (C=O) groups excluding carboxylic acids is 3. The van der Waals surface area contributed by atoms with Gasteiger partial charge in [-0.3, -0.25) is 14.4 Å². The first-order chi connectivity index (χ1) is 18.5. The van der Waals surface area contributed by atoms with E-state index in [0.29, 0.717) is 37.6 Å². The lowest BCUT2D eigenvalue weighted by molar-refractivity contribution is -0.117. The summed E-state index contributed by atoms with van der Waals surface area (Å²) in [6.07, 6.45) is -0.0496. The number of nitrogens with two attached hydrogens (primary N) is 1. The Kier molecular flexibility index (Phi) is 8.54. The van der Waals surface area contributed by atoms with Crippen molar-refractivity contribution in [1.29, 1.82) is 0 Å². The van der Waals surface area contributed by atoms with E-state index in [-0.39, 0.29) is 29.9 Å². The maximum atomic E-state index is 14.6. The fourth-order valence-electron chi connectivity index (χ4n) is 3.83. The molecule has 0 bridgehead atoms. The Balaban J connectivity index is 1.71. The number of hydrogen-bond donors (Lipinski definition) is 3. The smallest absolute Gasteiger partial charge is 0.276 e. The highest BCUT2D eigenvalue weighted by atomic mass is 35.5. The quantitative estimate of drug-likeness (QED) is 0.241. The molecule has 4 N–H and O–H groups in total. The molecule has 3 amide bonds. The number of carbonyl (C=O) groups is 3. The Bertz CT molecular complexity index is 1590. The SMILES string of the molecule is Cc1c(C(=O)Nc2cc(C(=O)NCCC(N)=O)ccc2F)nn(-c2ccc(Cl)cc2Cl)c1-c1ccc(Cl)cc1. The van der Waals surface area contributed by atoms with Crippen molar-refractivity contribution in [2.75, 3.05) is 11.9 Å². The van der Waals surface area contributed by atoms with Crippen LogP contribution >= 0.6 is 34.8 Å². The van der Waals surface area contributed by atoms with E-state index in [1.54, 1.807) is 49.4 Å². The minimum atomic E-state index is -0.757. The van der Waals surface area contributed by atoms with E-state index >= 15 is 0 Å². The Morgan fingerprint density at radius 1 is 0.949 bits per heavy atom. The number of anilines is 1. The zero-order valence-electron chi connectivity index (χ0n) is 20.4. The Morgan fingerprint density at radius 2 is 1.64 bits per heavy atom. The van der Waals surface area contributed by atoms with Gasteiger partial charge in [0.1, 0.15) is 5.82 Å². The number of nitrogens with one attached hydrogen (secondary N) is 2. The normalized spacial score (nSPS) is 10.8. The van der Waals surface area contributed by atoms with Crippen molar-refractivity contribution in [2.45, 2.75) is 13.3 Å². The molecule has 0 atom stereocenters. The predicted molar refractivity (Wildman–Crippen MR) is 149 cm³/mol. The molecule has 0 saturated carbocycles. The fraction of sp³-hybridized carbons (Fsp3) is 0.111. The van der Waals surface area contributed by atoms with Crippen LogP contribution in [0.3, 0.4) is 0 Å².